The average molecular weight is 279 g/mol. The van der Waals surface area contributed by atoms with Crippen LogP contribution in [0.2, 0.25) is 0 Å². The highest BCUT2D eigenvalue weighted by molar-refractivity contribution is 7.18. The minimum absolute atomic E-state index is 0.174. The van der Waals surface area contributed by atoms with E-state index in [1.54, 1.807) is 25.6 Å². The summed E-state index contributed by atoms with van der Waals surface area (Å²) in [4.78, 5) is 4.74. The van der Waals surface area contributed by atoms with E-state index < -0.39 is 0 Å². The summed E-state index contributed by atoms with van der Waals surface area (Å²) < 4.78 is 11.8. The van der Waals surface area contributed by atoms with Gasteiger partial charge in [-0.25, -0.2) is 4.98 Å². The molecule has 1 aromatic carbocycles. The van der Waals surface area contributed by atoms with Crippen molar-refractivity contribution in [2.24, 2.45) is 0 Å². The Morgan fingerprint density at radius 2 is 2.11 bits per heavy atom. The Morgan fingerprint density at radius 3 is 2.78 bits per heavy atom. The van der Waals surface area contributed by atoms with Crippen molar-refractivity contribution in [2.45, 2.75) is 25.7 Å². The van der Waals surface area contributed by atoms with Gasteiger partial charge in [0.15, 0.2) is 9.52 Å². The molecule has 0 amide bonds. The number of thiazole rings is 1. The van der Waals surface area contributed by atoms with Gasteiger partial charge in [0.1, 0.15) is 5.91 Å². The van der Waals surface area contributed by atoms with E-state index in [4.69, 9.17) is 14.5 Å². The maximum absolute atomic E-state index is 5.27. The van der Waals surface area contributed by atoms with Gasteiger partial charge in [0, 0.05) is 14.2 Å². The van der Waals surface area contributed by atoms with Crippen molar-refractivity contribution in [1.82, 2.24) is 4.98 Å². The fourth-order valence-corrected chi connectivity index (χ4v) is 3.97. The minimum atomic E-state index is -0.174. The largest absolute Gasteiger partial charge is 0.360 e. The zero-order valence-corrected chi connectivity index (χ0v) is 12.7. The lowest BCUT2D eigenvalue weighted by molar-refractivity contribution is -0.0429. The Balaban J connectivity index is 2.32. The predicted molar refractivity (Wildman–Crippen MR) is 76.8 cm³/mol. The summed E-state index contributed by atoms with van der Waals surface area (Å²) in [7, 11) is 3.81. The molecule has 18 heavy (non-hydrogen) atoms. The number of rotatable bonds is 6. The first kappa shape index (κ1) is 13.7. The molecule has 0 unspecified atom stereocenters. The molecule has 5 heteroatoms. The number of fused-ring (bicyclic) bond motifs is 1. The third-order valence-electron chi connectivity index (χ3n) is 2.63. The van der Waals surface area contributed by atoms with E-state index in [2.05, 4.69) is 25.1 Å². The first-order valence-electron chi connectivity index (χ1n) is 5.99. The number of benzene rings is 1. The van der Waals surface area contributed by atoms with Crippen LogP contribution in [-0.4, -0.2) is 34.6 Å². The number of hydrogen-bond donors (Lipinski definition) is 0. The summed E-state index contributed by atoms with van der Waals surface area (Å²) in [5.41, 5.74) is 1.11. The molecule has 2 rings (SSSR count). The highest BCUT2D eigenvalue weighted by Crippen LogP contribution is 2.21. The molecule has 1 heterocycles. The van der Waals surface area contributed by atoms with Crippen molar-refractivity contribution in [3.8, 4) is 0 Å². The first-order valence-corrected chi connectivity index (χ1v) is 7.88. The number of aromatic nitrogens is 1. The Hall–Kier alpha value is -0.753. The number of methoxy groups -OCH3 is 2. The lowest BCUT2D eigenvalue weighted by Gasteiger charge is -2.12. The van der Waals surface area contributed by atoms with Crippen LogP contribution in [0.15, 0.2) is 18.2 Å². The van der Waals surface area contributed by atoms with E-state index in [1.165, 1.54) is 14.9 Å². The lowest BCUT2D eigenvalue weighted by atomic mass is 10.3. The average Bonchev–Trinajstić information content (AvgIpc) is 2.79. The van der Waals surface area contributed by atoms with Crippen molar-refractivity contribution in [3.63, 3.8) is 0 Å². The van der Waals surface area contributed by atoms with Crippen molar-refractivity contribution < 1.29 is 9.47 Å². The van der Waals surface area contributed by atoms with Crippen LogP contribution in [-0.2, 0) is 15.9 Å². The first-order chi connectivity index (χ1) is 8.78. The van der Waals surface area contributed by atoms with Gasteiger partial charge in [-0.1, -0.05) is 19.1 Å². The summed E-state index contributed by atoms with van der Waals surface area (Å²) in [6.45, 7) is 2.18. The summed E-state index contributed by atoms with van der Waals surface area (Å²) in [5, 5.41) is 2.44. The molecule has 2 aromatic rings. The molecule has 0 aliphatic heterocycles. The molecule has 0 aliphatic carbocycles. The van der Waals surface area contributed by atoms with E-state index in [-0.39, 0.29) is 5.91 Å². The number of hydrogen-bond acceptors (Lipinski definition) is 4. The Kier molecular flexibility index (Phi) is 4.88. The summed E-state index contributed by atoms with van der Waals surface area (Å²) in [6.07, 6.45) is 2.19. The van der Waals surface area contributed by atoms with E-state index >= 15 is 0 Å². The molecule has 0 spiro atoms. The van der Waals surface area contributed by atoms with Gasteiger partial charge in [0.25, 0.3) is 0 Å². The van der Waals surface area contributed by atoms with E-state index in [0.29, 0.717) is 9.52 Å². The van der Waals surface area contributed by atoms with E-state index in [1.807, 2.05) is 0 Å². The fourth-order valence-electron chi connectivity index (χ4n) is 1.77. The van der Waals surface area contributed by atoms with Gasteiger partial charge >= 0.3 is 0 Å². The second-order valence-corrected chi connectivity index (χ2v) is 6.37. The van der Waals surface area contributed by atoms with Gasteiger partial charge in [-0.05, 0) is 24.1 Å². The van der Waals surface area contributed by atoms with Crippen molar-refractivity contribution in [2.75, 3.05) is 14.2 Å². The third kappa shape index (κ3) is 2.98. The SMILES string of the molecule is CCCc1nc2c([Si]C(OC)OC)cccc2s1. The fraction of sp³-hybridized carbons (Fsp3) is 0.462. The maximum atomic E-state index is 5.27. The molecule has 0 atom stereocenters. The molecule has 0 N–H and O–H groups in total. The molecule has 0 aliphatic rings. The molecule has 0 fully saturated rings. The normalized spacial score (nSPS) is 11.6. The zero-order chi connectivity index (χ0) is 13.0. The molecule has 3 nitrogen and oxygen atoms in total. The van der Waals surface area contributed by atoms with Crippen LogP contribution in [0, 0.1) is 0 Å². The standard InChI is InChI=1S/C13H17NO2SSi/c1-4-6-11-14-12-9(17-11)7-5-8-10(12)18-13(15-2)16-3/h5,7-8,13H,4,6H2,1-3H3. The summed E-state index contributed by atoms with van der Waals surface area (Å²) >= 11 is 1.79. The number of aryl methyl sites for hydroxylation is 1. The highest BCUT2D eigenvalue weighted by Gasteiger charge is 2.13. The monoisotopic (exact) mass is 279 g/mol. The smallest absolute Gasteiger partial charge is 0.160 e. The van der Waals surface area contributed by atoms with Gasteiger partial charge in [-0.3, -0.25) is 0 Å². The quantitative estimate of drug-likeness (QED) is 0.600. The van der Waals surface area contributed by atoms with Crippen molar-refractivity contribution in [3.05, 3.63) is 23.2 Å². The van der Waals surface area contributed by atoms with Crippen LogP contribution in [0.5, 0.6) is 0 Å². The molecule has 0 saturated heterocycles. The van der Waals surface area contributed by atoms with Gasteiger partial charge in [0.05, 0.1) is 15.2 Å². The van der Waals surface area contributed by atoms with Crippen molar-refractivity contribution >= 4 is 36.3 Å². The van der Waals surface area contributed by atoms with Crippen LogP contribution in [0.25, 0.3) is 10.2 Å². The molecule has 0 saturated carbocycles. The Morgan fingerprint density at radius 1 is 1.33 bits per heavy atom. The highest BCUT2D eigenvalue weighted by atomic mass is 32.1. The second-order valence-electron chi connectivity index (χ2n) is 3.96. The number of nitrogens with zero attached hydrogens (tertiary/aromatic N) is 1. The lowest BCUT2D eigenvalue weighted by Crippen LogP contribution is -2.31. The molecular formula is C13H17NO2SSi. The van der Waals surface area contributed by atoms with E-state index in [9.17, 15) is 0 Å². The molecular weight excluding hydrogens is 262 g/mol. The van der Waals surface area contributed by atoms with Crippen LogP contribution in [0.4, 0.5) is 0 Å². The minimum Gasteiger partial charge on any atom is -0.360 e. The Labute approximate surface area is 114 Å². The van der Waals surface area contributed by atoms with Crippen molar-refractivity contribution in [1.29, 1.82) is 0 Å². The molecule has 2 radical (unpaired) electrons. The topological polar surface area (TPSA) is 31.4 Å². The maximum Gasteiger partial charge on any atom is 0.160 e. The molecule has 1 aromatic heterocycles. The van der Waals surface area contributed by atoms with Crippen LogP contribution >= 0.6 is 11.3 Å². The second kappa shape index (κ2) is 6.42. The number of ether oxygens (including phenoxy) is 2. The summed E-state index contributed by atoms with van der Waals surface area (Å²) in [6, 6.07) is 6.33. The Bertz CT molecular complexity index is 511. The molecule has 0 bridgehead atoms. The van der Waals surface area contributed by atoms with Crippen LogP contribution in [0.1, 0.15) is 18.4 Å². The zero-order valence-electron chi connectivity index (χ0n) is 10.9. The van der Waals surface area contributed by atoms with Gasteiger partial charge < -0.3 is 9.47 Å². The van der Waals surface area contributed by atoms with Crippen LogP contribution in [0.3, 0.4) is 0 Å². The van der Waals surface area contributed by atoms with E-state index in [0.717, 1.165) is 18.4 Å². The van der Waals surface area contributed by atoms with Crippen LogP contribution < -0.4 is 5.19 Å². The number of para-hydroxylation sites is 1. The summed E-state index contributed by atoms with van der Waals surface area (Å²) in [5.74, 6) is -0.174. The van der Waals surface area contributed by atoms with Gasteiger partial charge in [-0.2, -0.15) is 0 Å². The van der Waals surface area contributed by atoms with Gasteiger partial charge in [0.2, 0.25) is 0 Å². The molecule has 96 valence electrons. The predicted octanol–water partition coefficient (Wildman–Crippen LogP) is 2.15. The van der Waals surface area contributed by atoms with Gasteiger partial charge in [-0.15, -0.1) is 11.3 Å². The third-order valence-corrected chi connectivity index (χ3v) is 5.13.